The van der Waals surface area contributed by atoms with Gasteiger partial charge in [0.05, 0.1) is 4.90 Å². The van der Waals surface area contributed by atoms with Gasteiger partial charge in [0.15, 0.2) is 0 Å². The molecule has 6 nitrogen and oxygen atoms in total. The van der Waals surface area contributed by atoms with E-state index in [1.54, 1.807) is 19.1 Å². The molecule has 0 spiro atoms. The van der Waals surface area contributed by atoms with E-state index in [9.17, 15) is 13.2 Å². The zero-order valence-corrected chi connectivity index (χ0v) is 14.3. The van der Waals surface area contributed by atoms with Crippen LogP contribution in [0.25, 0.3) is 0 Å². The van der Waals surface area contributed by atoms with Gasteiger partial charge in [-0.25, -0.2) is 0 Å². The van der Waals surface area contributed by atoms with Crippen molar-refractivity contribution in [1.29, 1.82) is 0 Å². The van der Waals surface area contributed by atoms with Crippen molar-refractivity contribution in [2.45, 2.75) is 31.3 Å². The molecule has 2 aromatic rings. The van der Waals surface area contributed by atoms with Crippen molar-refractivity contribution in [2.24, 2.45) is 0 Å². The molecule has 2 aromatic carbocycles. The average molecular weight is 351 g/mol. The molecule has 0 aliphatic carbocycles. The van der Waals surface area contributed by atoms with Gasteiger partial charge >= 0.3 is 5.97 Å². The molecule has 0 amide bonds. The molecule has 0 radical (unpaired) electrons. The number of hydrogen-bond acceptors (Lipinski definition) is 4. The summed E-state index contributed by atoms with van der Waals surface area (Å²) in [6, 6.07) is 15.2. The summed E-state index contributed by atoms with van der Waals surface area (Å²) in [5.74, 6) is -0.823. The van der Waals surface area contributed by atoms with E-state index < -0.39 is 22.1 Å². The van der Waals surface area contributed by atoms with E-state index in [0.717, 1.165) is 11.1 Å². The van der Waals surface area contributed by atoms with Crippen molar-refractivity contribution in [2.75, 3.05) is 0 Å². The van der Waals surface area contributed by atoms with E-state index in [4.69, 9.17) is 9.66 Å². The molecule has 24 heavy (non-hydrogen) atoms. The molecule has 0 bridgehead atoms. The first-order chi connectivity index (χ1) is 11.2. The van der Waals surface area contributed by atoms with Gasteiger partial charge in [0.2, 0.25) is 0 Å². The lowest BCUT2D eigenvalue weighted by Crippen LogP contribution is -2.33. The van der Waals surface area contributed by atoms with Crippen LogP contribution < -0.4 is 5.32 Å². The molecule has 0 aliphatic rings. The molecule has 3 N–H and O–H groups in total. The SMILES string of the molecule is C[C@H](NCc1ccccc1)C(=O)O.Cc1ccc(S(=O)(=O)O)cc1. The van der Waals surface area contributed by atoms with Crippen LogP contribution in [0.15, 0.2) is 59.5 Å². The minimum absolute atomic E-state index is 0.0666. The first-order valence-electron chi connectivity index (χ1n) is 7.24. The maximum absolute atomic E-state index is 10.5. The molecular weight excluding hydrogens is 330 g/mol. The molecule has 0 saturated carbocycles. The second kappa shape index (κ2) is 9.17. The Hall–Kier alpha value is -2.22. The summed E-state index contributed by atoms with van der Waals surface area (Å²) in [4.78, 5) is 10.4. The lowest BCUT2D eigenvalue weighted by molar-refractivity contribution is -0.139. The van der Waals surface area contributed by atoms with Crippen molar-refractivity contribution < 1.29 is 22.9 Å². The van der Waals surface area contributed by atoms with E-state index in [2.05, 4.69) is 5.32 Å². The summed E-state index contributed by atoms with van der Waals surface area (Å²) < 4.78 is 29.6. The fourth-order valence-electron chi connectivity index (χ4n) is 1.66. The van der Waals surface area contributed by atoms with Crippen LogP contribution in [0.4, 0.5) is 0 Å². The molecule has 0 aromatic heterocycles. The van der Waals surface area contributed by atoms with Crippen LogP contribution in [0.5, 0.6) is 0 Å². The van der Waals surface area contributed by atoms with Gasteiger partial charge in [-0.3, -0.25) is 9.35 Å². The monoisotopic (exact) mass is 351 g/mol. The first-order valence-corrected chi connectivity index (χ1v) is 8.68. The third-order valence-electron chi connectivity index (χ3n) is 3.14. The van der Waals surface area contributed by atoms with Gasteiger partial charge < -0.3 is 10.4 Å². The fraction of sp³-hybridized carbons (Fsp3) is 0.235. The van der Waals surface area contributed by atoms with Gasteiger partial charge in [0.1, 0.15) is 6.04 Å². The molecule has 0 heterocycles. The van der Waals surface area contributed by atoms with E-state index >= 15 is 0 Å². The topological polar surface area (TPSA) is 104 Å². The second-order valence-electron chi connectivity index (χ2n) is 5.21. The number of aliphatic carboxylic acids is 1. The standard InChI is InChI=1S/C10H13NO2.C7H8O3S/c1-8(10(12)13)11-7-9-5-3-2-4-6-9;1-6-2-4-7(5-3-6)11(8,9)10/h2-6,8,11H,7H2,1H3,(H,12,13);2-5H,1H3,(H,8,9,10)/t8-;/m0./s1. The number of nitrogens with one attached hydrogen (secondary N) is 1. The van der Waals surface area contributed by atoms with E-state index in [0.29, 0.717) is 6.54 Å². The van der Waals surface area contributed by atoms with E-state index in [1.807, 2.05) is 37.3 Å². The van der Waals surface area contributed by atoms with Crippen molar-refractivity contribution in [1.82, 2.24) is 5.32 Å². The van der Waals surface area contributed by atoms with E-state index in [-0.39, 0.29) is 4.90 Å². The Morgan fingerprint density at radius 1 is 1.08 bits per heavy atom. The Balaban J connectivity index is 0.000000243. The minimum Gasteiger partial charge on any atom is -0.480 e. The van der Waals surface area contributed by atoms with Gasteiger partial charge in [-0.1, -0.05) is 48.0 Å². The molecule has 130 valence electrons. The summed E-state index contributed by atoms with van der Waals surface area (Å²) in [6.45, 7) is 4.06. The van der Waals surface area contributed by atoms with Crippen LogP contribution >= 0.6 is 0 Å². The average Bonchev–Trinajstić information content (AvgIpc) is 2.53. The van der Waals surface area contributed by atoms with Gasteiger partial charge in [-0.15, -0.1) is 0 Å². The molecule has 0 fully saturated rings. The number of hydrogen-bond donors (Lipinski definition) is 3. The number of benzene rings is 2. The number of carbonyl (C=O) groups is 1. The quantitative estimate of drug-likeness (QED) is 0.715. The lowest BCUT2D eigenvalue weighted by atomic mass is 10.2. The van der Waals surface area contributed by atoms with Crippen LogP contribution in [0.1, 0.15) is 18.1 Å². The zero-order valence-electron chi connectivity index (χ0n) is 13.5. The summed E-state index contributed by atoms with van der Waals surface area (Å²) in [7, 11) is -4.02. The van der Waals surface area contributed by atoms with Crippen LogP contribution in [0.2, 0.25) is 0 Å². The predicted molar refractivity (Wildman–Crippen MR) is 91.4 cm³/mol. The summed E-state index contributed by atoms with van der Waals surface area (Å²) in [5.41, 5.74) is 2.05. The minimum atomic E-state index is -4.02. The number of carboxylic acids is 1. The zero-order chi connectivity index (χ0) is 18.2. The molecular formula is C17H21NO5S. The highest BCUT2D eigenvalue weighted by Gasteiger charge is 2.08. The van der Waals surface area contributed by atoms with Gasteiger partial charge in [0.25, 0.3) is 10.1 Å². The second-order valence-corrected chi connectivity index (χ2v) is 6.64. The van der Waals surface area contributed by atoms with Crippen molar-refractivity contribution >= 4 is 16.1 Å². The molecule has 0 saturated heterocycles. The third-order valence-corrected chi connectivity index (χ3v) is 4.01. The fourth-order valence-corrected chi connectivity index (χ4v) is 2.14. The summed E-state index contributed by atoms with van der Waals surface area (Å²) in [6.07, 6.45) is 0. The Kier molecular flexibility index (Phi) is 7.57. The van der Waals surface area contributed by atoms with Gasteiger partial charge in [0, 0.05) is 6.54 Å². The largest absolute Gasteiger partial charge is 0.480 e. The van der Waals surface area contributed by atoms with Crippen molar-refractivity contribution in [3.05, 3.63) is 65.7 Å². The Morgan fingerprint density at radius 2 is 1.62 bits per heavy atom. The van der Waals surface area contributed by atoms with Crippen molar-refractivity contribution in [3.8, 4) is 0 Å². The van der Waals surface area contributed by atoms with Gasteiger partial charge in [-0.05, 0) is 31.5 Å². The lowest BCUT2D eigenvalue weighted by Gasteiger charge is -2.08. The smallest absolute Gasteiger partial charge is 0.320 e. The molecule has 1 atom stereocenters. The van der Waals surface area contributed by atoms with Crippen LogP contribution in [-0.4, -0.2) is 30.1 Å². The third kappa shape index (κ3) is 7.36. The molecule has 2 rings (SSSR count). The highest BCUT2D eigenvalue weighted by molar-refractivity contribution is 7.85. The van der Waals surface area contributed by atoms with Crippen LogP contribution in [-0.2, 0) is 21.5 Å². The normalized spacial score (nSPS) is 12.0. The molecule has 7 heteroatoms. The Bertz CT molecular complexity index is 742. The molecule has 0 aliphatic heterocycles. The maximum atomic E-state index is 10.5. The number of carboxylic acid groups (broad SMARTS) is 1. The molecule has 0 unspecified atom stereocenters. The highest BCUT2D eigenvalue weighted by Crippen LogP contribution is 2.08. The summed E-state index contributed by atoms with van der Waals surface area (Å²) in [5, 5.41) is 11.5. The van der Waals surface area contributed by atoms with Crippen LogP contribution in [0, 0.1) is 6.92 Å². The predicted octanol–water partition coefficient (Wildman–Crippen LogP) is 2.49. The van der Waals surface area contributed by atoms with E-state index in [1.165, 1.54) is 12.1 Å². The highest BCUT2D eigenvalue weighted by atomic mass is 32.2. The Labute approximate surface area is 141 Å². The first kappa shape index (κ1) is 19.8. The Morgan fingerprint density at radius 3 is 2.08 bits per heavy atom. The van der Waals surface area contributed by atoms with Crippen molar-refractivity contribution in [3.63, 3.8) is 0 Å². The summed E-state index contributed by atoms with van der Waals surface area (Å²) >= 11 is 0. The number of aryl methyl sites for hydroxylation is 1. The maximum Gasteiger partial charge on any atom is 0.320 e. The number of rotatable bonds is 5. The van der Waals surface area contributed by atoms with Crippen LogP contribution in [0.3, 0.4) is 0 Å². The van der Waals surface area contributed by atoms with Gasteiger partial charge in [-0.2, -0.15) is 8.42 Å².